The van der Waals surface area contributed by atoms with Crippen molar-refractivity contribution < 1.29 is 12.9 Å². The van der Waals surface area contributed by atoms with Crippen molar-refractivity contribution in [2.75, 3.05) is 6.26 Å². The van der Waals surface area contributed by atoms with Gasteiger partial charge in [-0.15, -0.1) is 6.58 Å². The zero-order valence-electron chi connectivity index (χ0n) is 14.1. The SMILES string of the molecule is C=CC(C)c1onc(-c2ccccc2)c1-c1ccccc1S(C)(=O)=O. The van der Waals surface area contributed by atoms with Crippen LogP contribution in [0.15, 0.2) is 76.7 Å². The maximum atomic E-state index is 12.3. The number of allylic oxidation sites excluding steroid dienone is 1. The minimum Gasteiger partial charge on any atom is -0.359 e. The van der Waals surface area contributed by atoms with Crippen LogP contribution in [0, 0.1) is 0 Å². The molecule has 0 amide bonds. The average Bonchev–Trinajstić information content (AvgIpc) is 3.06. The Morgan fingerprint density at radius 2 is 1.72 bits per heavy atom. The van der Waals surface area contributed by atoms with Crippen LogP contribution in [0.25, 0.3) is 22.4 Å². The molecule has 5 heteroatoms. The Bertz CT molecular complexity index is 1000. The van der Waals surface area contributed by atoms with Gasteiger partial charge in [0.15, 0.2) is 15.6 Å². The zero-order valence-corrected chi connectivity index (χ0v) is 15.0. The molecule has 1 atom stereocenters. The lowest BCUT2D eigenvalue weighted by Crippen LogP contribution is -2.01. The fraction of sp³-hybridized carbons (Fsp3) is 0.150. The van der Waals surface area contributed by atoms with E-state index in [1.807, 2.05) is 43.3 Å². The van der Waals surface area contributed by atoms with Crippen molar-refractivity contribution >= 4 is 9.84 Å². The molecule has 0 spiro atoms. The molecule has 128 valence electrons. The van der Waals surface area contributed by atoms with Crippen molar-refractivity contribution in [2.24, 2.45) is 0 Å². The van der Waals surface area contributed by atoms with E-state index in [2.05, 4.69) is 11.7 Å². The summed E-state index contributed by atoms with van der Waals surface area (Å²) < 4.78 is 30.2. The van der Waals surface area contributed by atoms with Crippen LogP contribution >= 0.6 is 0 Å². The smallest absolute Gasteiger partial charge is 0.176 e. The molecule has 0 saturated carbocycles. The molecule has 1 aromatic heterocycles. The molecule has 4 nitrogen and oxygen atoms in total. The second kappa shape index (κ2) is 6.69. The number of rotatable bonds is 5. The van der Waals surface area contributed by atoms with E-state index in [-0.39, 0.29) is 10.8 Å². The van der Waals surface area contributed by atoms with Gasteiger partial charge in [0.1, 0.15) is 5.69 Å². The highest BCUT2D eigenvalue weighted by atomic mass is 32.2. The highest BCUT2D eigenvalue weighted by Gasteiger charge is 2.26. The summed E-state index contributed by atoms with van der Waals surface area (Å²) in [6.45, 7) is 5.76. The zero-order chi connectivity index (χ0) is 18.0. The summed E-state index contributed by atoms with van der Waals surface area (Å²) in [5, 5.41) is 4.24. The standard InChI is InChI=1S/C20H19NO3S/c1-4-14(2)20-18(16-12-8-9-13-17(16)25(3,22)23)19(21-24-20)15-10-6-5-7-11-15/h4-14H,1H2,2-3H3. The van der Waals surface area contributed by atoms with Gasteiger partial charge in [0.25, 0.3) is 0 Å². The number of aromatic nitrogens is 1. The van der Waals surface area contributed by atoms with Gasteiger partial charge in [-0.05, 0) is 6.07 Å². The van der Waals surface area contributed by atoms with Crippen molar-refractivity contribution in [3.05, 3.63) is 73.0 Å². The topological polar surface area (TPSA) is 60.2 Å². The normalized spacial score (nSPS) is 12.7. The number of hydrogen-bond acceptors (Lipinski definition) is 4. The van der Waals surface area contributed by atoms with Crippen molar-refractivity contribution in [1.82, 2.24) is 5.16 Å². The average molecular weight is 353 g/mol. The fourth-order valence-corrected chi connectivity index (χ4v) is 3.67. The van der Waals surface area contributed by atoms with Gasteiger partial charge >= 0.3 is 0 Å². The summed E-state index contributed by atoms with van der Waals surface area (Å²) in [4.78, 5) is 0.257. The molecule has 25 heavy (non-hydrogen) atoms. The Balaban J connectivity index is 2.36. The van der Waals surface area contributed by atoms with E-state index < -0.39 is 9.84 Å². The highest BCUT2D eigenvalue weighted by Crippen LogP contribution is 2.40. The third-order valence-corrected chi connectivity index (χ3v) is 5.24. The summed E-state index contributed by atoms with van der Waals surface area (Å²) in [7, 11) is -3.40. The van der Waals surface area contributed by atoms with Crippen LogP contribution in [0.4, 0.5) is 0 Å². The Morgan fingerprint density at radius 3 is 2.36 bits per heavy atom. The van der Waals surface area contributed by atoms with Crippen LogP contribution in [-0.4, -0.2) is 19.8 Å². The van der Waals surface area contributed by atoms with Gasteiger partial charge in [-0.3, -0.25) is 0 Å². The largest absolute Gasteiger partial charge is 0.359 e. The van der Waals surface area contributed by atoms with Gasteiger partial charge in [0.05, 0.1) is 10.5 Å². The molecule has 3 rings (SSSR count). The van der Waals surface area contributed by atoms with E-state index in [0.29, 0.717) is 22.6 Å². The molecule has 0 aliphatic rings. The first kappa shape index (κ1) is 17.2. The third kappa shape index (κ3) is 3.28. The maximum absolute atomic E-state index is 12.3. The van der Waals surface area contributed by atoms with Gasteiger partial charge in [0.2, 0.25) is 0 Å². The molecule has 1 heterocycles. The van der Waals surface area contributed by atoms with E-state index >= 15 is 0 Å². The van der Waals surface area contributed by atoms with Crippen LogP contribution < -0.4 is 0 Å². The summed E-state index contributed by atoms with van der Waals surface area (Å²) in [6, 6.07) is 16.5. The van der Waals surface area contributed by atoms with Crippen molar-refractivity contribution in [2.45, 2.75) is 17.7 Å². The van der Waals surface area contributed by atoms with E-state index in [0.717, 1.165) is 5.56 Å². The second-order valence-electron chi connectivity index (χ2n) is 5.93. The Morgan fingerprint density at radius 1 is 1.08 bits per heavy atom. The van der Waals surface area contributed by atoms with Crippen molar-refractivity contribution in [3.63, 3.8) is 0 Å². The number of nitrogens with zero attached hydrogens (tertiary/aromatic N) is 1. The minimum absolute atomic E-state index is 0.104. The van der Waals surface area contributed by atoms with E-state index in [1.54, 1.807) is 24.3 Å². The summed E-state index contributed by atoms with van der Waals surface area (Å²) in [5.41, 5.74) is 2.78. The second-order valence-corrected chi connectivity index (χ2v) is 7.91. The van der Waals surface area contributed by atoms with Gasteiger partial charge in [-0.25, -0.2) is 8.42 Å². The number of sulfone groups is 1. The lowest BCUT2D eigenvalue weighted by molar-refractivity contribution is 0.380. The lowest BCUT2D eigenvalue weighted by atomic mass is 9.94. The first-order valence-corrected chi connectivity index (χ1v) is 9.79. The van der Waals surface area contributed by atoms with Crippen LogP contribution in [0.2, 0.25) is 0 Å². The lowest BCUT2D eigenvalue weighted by Gasteiger charge is -2.11. The highest BCUT2D eigenvalue weighted by molar-refractivity contribution is 7.90. The predicted molar refractivity (Wildman–Crippen MR) is 99.1 cm³/mol. The predicted octanol–water partition coefficient (Wildman–Crippen LogP) is 4.70. The Labute approximate surface area is 147 Å². The molecular weight excluding hydrogens is 334 g/mol. The molecule has 0 aliphatic heterocycles. The molecule has 0 radical (unpaired) electrons. The summed E-state index contributed by atoms with van der Waals surface area (Å²) in [5.74, 6) is 0.498. The first-order valence-electron chi connectivity index (χ1n) is 7.90. The van der Waals surface area contributed by atoms with Crippen LogP contribution in [0.5, 0.6) is 0 Å². The van der Waals surface area contributed by atoms with Gasteiger partial charge in [-0.2, -0.15) is 0 Å². The maximum Gasteiger partial charge on any atom is 0.176 e. The van der Waals surface area contributed by atoms with E-state index in [4.69, 9.17) is 4.52 Å². The minimum atomic E-state index is -3.40. The molecular formula is C20H19NO3S. The van der Waals surface area contributed by atoms with Crippen LogP contribution in [-0.2, 0) is 9.84 Å². The third-order valence-electron chi connectivity index (χ3n) is 4.09. The van der Waals surface area contributed by atoms with Crippen LogP contribution in [0.3, 0.4) is 0 Å². The summed E-state index contributed by atoms with van der Waals surface area (Å²) in [6.07, 6.45) is 2.96. The monoisotopic (exact) mass is 353 g/mol. The van der Waals surface area contributed by atoms with Gasteiger partial charge in [0, 0.05) is 23.3 Å². The van der Waals surface area contributed by atoms with Gasteiger partial charge in [-0.1, -0.05) is 66.7 Å². The Hall–Kier alpha value is -2.66. The number of benzene rings is 2. The number of hydrogen-bond donors (Lipinski definition) is 0. The fourth-order valence-electron chi connectivity index (χ4n) is 2.77. The molecule has 0 fully saturated rings. The molecule has 1 unspecified atom stereocenters. The van der Waals surface area contributed by atoms with Gasteiger partial charge < -0.3 is 4.52 Å². The van der Waals surface area contributed by atoms with Crippen molar-refractivity contribution in [1.29, 1.82) is 0 Å². The van der Waals surface area contributed by atoms with Crippen molar-refractivity contribution in [3.8, 4) is 22.4 Å². The molecule has 0 N–H and O–H groups in total. The Kier molecular flexibility index (Phi) is 4.59. The summed E-state index contributed by atoms with van der Waals surface area (Å²) >= 11 is 0. The van der Waals surface area contributed by atoms with E-state index in [9.17, 15) is 8.42 Å². The van der Waals surface area contributed by atoms with E-state index in [1.165, 1.54) is 6.26 Å². The first-order chi connectivity index (χ1) is 11.9. The molecule has 3 aromatic rings. The molecule has 0 bridgehead atoms. The quantitative estimate of drug-likeness (QED) is 0.624. The molecule has 0 saturated heterocycles. The van der Waals surface area contributed by atoms with Crippen LogP contribution in [0.1, 0.15) is 18.6 Å². The molecule has 0 aliphatic carbocycles. The molecule has 2 aromatic carbocycles.